The summed E-state index contributed by atoms with van der Waals surface area (Å²) in [5.74, 6) is -1.88. The molecule has 1 saturated heterocycles. The number of halogens is 1. The Morgan fingerprint density at radius 3 is 2.24 bits per heavy atom. The van der Waals surface area contributed by atoms with Gasteiger partial charge < -0.3 is 10.0 Å². The summed E-state index contributed by atoms with van der Waals surface area (Å²) in [6.07, 6.45) is 2.16. The standard InChI is InChI=1S/C20H24ClNO3/c1-10(2)14-9-15(11(3)4)18-17(20(24)25)16(14)19(23)22(18)13-7-5-12(21)6-8-13/h5-11,14,16-18H,1-4H3,(H,24,25). The van der Waals surface area contributed by atoms with Crippen LogP contribution in [-0.4, -0.2) is 23.0 Å². The number of carboxylic acid groups (broad SMARTS) is 1. The summed E-state index contributed by atoms with van der Waals surface area (Å²) in [5.41, 5.74) is 1.76. The van der Waals surface area contributed by atoms with E-state index >= 15 is 0 Å². The number of carboxylic acids is 1. The van der Waals surface area contributed by atoms with Crippen molar-refractivity contribution in [3.8, 4) is 0 Å². The van der Waals surface area contributed by atoms with Crippen molar-refractivity contribution in [2.24, 2.45) is 29.6 Å². The average molecular weight is 362 g/mol. The minimum Gasteiger partial charge on any atom is -0.481 e. The molecular weight excluding hydrogens is 338 g/mol. The van der Waals surface area contributed by atoms with E-state index in [1.54, 1.807) is 29.2 Å². The maximum atomic E-state index is 13.3. The highest BCUT2D eigenvalue weighted by Gasteiger charge is 2.58. The first kappa shape index (κ1) is 18.0. The quantitative estimate of drug-likeness (QED) is 0.816. The van der Waals surface area contributed by atoms with E-state index in [0.29, 0.717) is 10.7 Å². The number of carbonyl (C=O) groups is 2. The fourth-order valence-electron chi connectivity index (χ4n) is 4.31. The molecule has 25 heavy (non-hydrogen) atoms. The summed E-state index contributed by atoms with van der Waals surface area (Å²) in [4.78, 5) is 27.1. The molecule has 4 nitrogen and oxygen atoms in total. The monoisotopic (exact) mass is 361 g/mol. The second kappa shape index (κ2) is 6.49. The number of hydrogen-bond acceptors (Lipinski definition) is 2. The zero-order valence-corrected chi connectivity index (χ0v) is 15.7. The molecule has 5 heteroatoms. The Bertz CT molecular complexity index is 723. The molecule has 0 spiro atoms. The van der Waals surface area contributed by atoms with Gasteiger partial charge in [0.05, 0.1) is 17.9 Å². The van der Waals surface area contributed by atoms with Crippen molar-refractivity contribution in [1.29, 1.82) is 0 Å². The molecule has 2 aliphatic rings. The molecule has 1 fully saturated rings. The molecule has 1 N–H and O–H groups in total. The number of allylic oxidation sites excluding steroid dienone is 1. The lowest BCUT2D eigenvalue weighted by Crippen LogP contribution is -2.42. The number of amides is 1. The van der Waals surface area contributed by atoms with Crippen LogP contribution in [0.25, 0.3) is 0 Å². The van der Waals surface area contributed by atoms with Crippen LogP contribution in [0, 0.1) is 29.6 Å². The van der Waals surface area contributed by atoms with Gasteiger partial charge in [0.2, 0.25) is 5.91 Å². The number of rotatable bonds is 4. The molecule has 1 heterocycles. The van der Waals surface area contributed by atoms with Crippen LogP contribution < -0.4 is 4.90 Å². The van der Waals surface area contributed by atoms with Crippen LogP contribution in [0.2, 0.25) is 5.02 Å². The summed E-state index contributed by atoms with van der Waals surface area (Å²) in [6.45, 7) is 8.23. The predicted octanol–water partition coefficient (Wildman–Crippen LogP) is 4.24. The third kappa shape index (κ3) is 2.86. The Morgan fingerprint density at radius 2 is 1.76 bits per heavy atom. The summed E-state index contributed by atoms with van der Waals surface area (Å²) < 4.78 is 0. The smallest absolute Gasteiger partial charge is 0.309 e. The van der Waals surface area contributed by atoms with E-state index in [1.807, 2.05) is 0 Å². The lowest BCUT2D eigenvalue weighted by atomic mass is 9.68. The van der Waals surface area contributed by atoms with Crippen molar-refractivity contribution in [2.75, 3.05) is 4.90 Å². The number of anilines is 1. The Morgan fingerprint density at radius 1 is 1.16 bits per heavy atom. The van der Waals surface area contributed by atoms with Gasteiger partial charge in [-0.2, -0.15) is 0 Å². The lowest BCUT2D eigenvalue weighted by molar-refractivity contribution is -0.145. The summed E-state index contributed by atoms with van der Waals surface area (Å²) >= 11 is 5.98. The van der Waals surface area contributed by atoms with Gasteiger partial charge in [-0.05, 0) is 47.6 Å². The van der Waals surface area contributed by atoms with E-state index in [1.165, 1.54) is 0 Å². The molecule has 1 aromatic carbocycles. The summed E-state index contributed by atoms with van der Waals surface area (Å²) in [6, 6.07) is 6.64. The van der Waals surface area contributed by atoms with Crippen LogP contribution in [0.3, 0.4) is 0 Å². The molecule has 1 aromatic rings. The Labute approximate surface area is 153 Å². The van der Waals surface area contributed by atoms with Crippen molar-refractivity contribution in [1.82, 2.24) is 0 Å². The predicted molar refractivity (Wildman–Crippen MR) is 98.6 cm³/mol. The topological polar surface area (TPSA) is 57.6 Å². The Hall–Kier alpha value is -1.81. The van der Waals surface area contributed by atoms with Crippen LogP contribution >= 0.6 is 11.6 Å². The van der Waals surface area contributed by atoms with Gasteiger partial charge >= 0.3 is 5.97 Å². The Kier molecular flexibility index (Phi) is 4.67. The molecule has 0 aromatic heterocycles. The van der Waals surface area contributed by atoms with Crippen LogP contribution in [0.15, 0.2) is 35.9 Å². The minimum atomic E-state index is -0.892. The summed E-state index contributed by atoms with van der Waals surface area (Å²) in [5, 5.41) is 10.5. The van der Waals surface area contributed by atoms with E-state index < -0.39 is 23.8 Å². The van der Waals surface area contributed by atoms with Gasteiger partial charge in [0, 0.05) is 10.7 Å². The number of aliphatic carboxylic acids is 1. The SMILES string of the molecule is CC(C)C1=CC(C(C)C)C2C(=O)N(c3ccc(Cl)cc3)C1C2C(=O)O. The molecule has 1 amide bonds. The van der Waals surface area contributed by atoms with Crippen LogP contribution in [0.1, 0.15) is 27.7 Å². The van der Waals surface area contributed by atoms with Crippen molar-refractivity contribution >= 4 is 29.2 Å². The number of carbonyl (C=O) groups excluding carboxylic acids is 1. The molecule has 2 bridgehead atoms. The van der Waals surface area contributed by atoms with Crippen molar-refractivity contribution < 1.29 is 14.7 Å². The molecular formula is C20H24ClNO3. The first-order valence-corrected chi connectivity index (χ1v) is 9.15. The van der Waals surface area contributed by atoms with Crippen molar-refractivity contribution in [3.63, 3.8) is 0 Å². The third-order valence-corrected chi connectivity index (χ3v) is 5.75. The maximum Gasteiger partial charge on any atom is 0.309 e. The van der Waals surface area contributed by atoms with Crippen LogP contribution in [0.5, 0.6) is 0 Å². The second-order valence-corrected chi connectivity index (χ2v) is 8.10. The van der Waals surface area contributed by atoms with E-state index in [0.717, 1.165) is 5.57 Å². The number of nitrogens with zero attached hydrogens (tertiary/aromatic N) is 1. The normalized spacial score (nSPS) is 28.7. The fourth-order valence-corrected chi connectivity index (χ4v) is 4.44. The largest absolute Gasteiger partial charge is 0.481 e. The number of fused-ring (bicyclic) bond motifs is 2. The van der Waals surface area contributed by atoms with Gasteiger partial charge in [0.25, 0.3) is 0 Å². The van der Waals surface area contributed by atoms with Gasteiger partial charge in [0.1, 0.15) is 0 Å². The summed E-state index contributed by atoms with van der Waals surface area (Å²) in [7, 11) is 0. The zero-order valence-electron chi connectivity index (χ0n) is 14.9. The van der Waals surface area contributed by atoms with Gasteiger partial charge in [0.15, 0.2) is 0 Å². The minimum absolute atomic E-state index is 0.0560. The fraction of sp³-hybridized carbons (Fsp3) is 0.500. The van der Waals surface area contributed by atoms with Crippen LogP contribution in [-0.2, 0) is 9.59 Å². The molecule has 0 saturated carbocycles. The highest BCUT2D eigenvalue weighted by Crippen LogP contribution is 2.50. The molecule has 3 rings (SSSR count). The van der Waals surface area contributed by atoms with Gasteiger partial charge in [-0.25, -0.2) is 0 Å². The first-order valence-electron chi connectivity index (χ1n) is 8.77. The second-order valence-electron chi connectivity index (χ2n) is 7.66. The maximum absolute atomic E-state index is 13.3. The third-order valence-electron chi connectivity index (χ3n) is 5.50. The molecule has 1 aliphatic carbocycles. The van der Waals surface area contributed by atoms with Gasteiger partial charge in [-0.3, -0.25) is 9.59 Å². The van der Waals surface area contributed by atoms with Crippen molar-refractivity contribution in [3.05, 3.63) is 40.9 Å². The Balaban J connectivity index is 2.17. The highest BCUT2D eigenvalue weighted by molar-refractivity contribution is 6.30. The van der Waals surface area contributed by atoms with Gasteiger partial charge in [-0.1, -0.05) is 45.4 Å². The molecule has 4 atom stereocenters. The van der Waals surface area contributed by atoms with E-state index in [9.17, 15) is 14.7 Å². The van der Waals surface area contributed by atoms with Gasteiger partial charge in [-0.15, -0.1) is 0 Å². The van der Waals surface area contributed by atoms with E-state index in [4.69, 9.17) is 11.6 Å². The first-order chi connectivity index (χ1) is 11.7. The zero-order chi connectivity index (χ0) is 18.5. The molecule has 1 aliphatic heterocycles. The highest BCUT2D eigenvalue weighted by atomic mass is 35.5. The molecule has 0 radical (unpaired) electrons. The average Bonchev–Trinajstić information content (AvgIpc) is 2.76. The van der Waals surface area contributed by atoms with Crippen molar-refractivity contribution in [2.45, 2.75) is 33.7 Å². The van der Waals surface area contributed by atoms with Crippen LogP contribution in [0.4, 0.5) is 5.69 Å². The number of hydrogen-bond donors (Lipinski definition) is 1. The lowest BCUT2D eigenvalue weighted by Gasteiger charge is -2.36. The van der Waals surface area contributed by atoms with E-state index in [-0.39, 0.29) is 23.7 Å². The molecule has 4 unspecified atom stereocenters. The number of benzene rings is 1. The van der Waals surface area contributed by atoms with E-state index in [2.05, 4.69) is 33.8 Å². The molecule has 134 valence electrons.